The summed E-state index contributed by atoms with van der Waals surface area (Å²) in [7, 11) is 3.75. The van der Waals surface area contributed by atoms with Gasteiger partial charge in [0.2, 0.25) is 12.5 Å². The Morgan fingerprint density at radius 1 is 1.42 bits per heavy atom. The van der Waals surface area contributed by atoms with Crippen molar-refractivity contribution in [3.63, 3.8) is 0 Å². The molecule has 5 nitrogen and oxygen atoms in total. The average molecular weight is 265 g/mol. The minimum atomic E-state index is 0.0575. The topological polar surface area (TPSA) is 40.2 Å². The second kappa shape index (κ2) is 4.90. The number of methoxy groups -OCH3 is 1. The molecule has 0 saturated heterocycles. The maximum absolute atomic E-state index is 5.85. The highest BCUT2D eigenvalue weighted by atomic mass is 16.7. The summed E-state index contributed by atoms with van der Waals surface area (Å²) in [4.78, 5) is 2.23. The summed E-state index contributed by atoms with van der Waals surface area (Å²) >= 11 is 0. The van der Waals surface area contributed by atoms with Gasteiger partial charge in [0.25, 0.3) is 0 Å². The molecular weight excluding hydrogens is 246 g/mol. The number of ether oxygens (including phenoxy) is 4. The highest BCUT2D eigenvalue weighted by molar-refractivity contribution is 5.61. The number of rotatable bonds is 3. The smallest absolute Gasteiger partial charge is 0.231 e. The lowest BCUT2D eigenvalue weighted by Crippen LogP contribution is -2.32. The van der Waals surface area contributed by atoms with Crippen molar-refractivity contribution >= 4 is 0 Å². The van der Waals surface area contributed by atoms with Gasteiger partial charge in [-0.3, -0.25) is 4.90 Å². The van der Waals surface area contributed by atoms with E-state index in [9.17, 15) is 0 Å². The molecule has 1 aromatic rings. The predicted molar refractivity (Wildman–Crippen MR) is 69.8 cm³/mol. The fraction of sp³-hybridized carbons (Fsp3) is 0.571. The normalized spacial score (nSPS) is 21.3. The van der Waals surface area contributed by atoms with Crippen molar-refractivity contribution in [3.8, 4) is 17.2 Å². The van der Waals surface area contributed by atoms with Crippen molar-refractivity contribution in [1.29, 1.82) is 0 Å². The van der Waals surface area contributed by atoms with Crippen LogP contribution < -0.4 is 14.2 Å². The van der Waals surface area contributed by atoms with E-state index in [0.29, 0.717) is 12.4 Å². The highest BCUT2D eigenvalue weighted by Crippen LogP contribution is 2.48. The summed E-state index contributed by atoms with van der Waals surface area (Å²) in [6.45, 7) is 4.67. The van der Waals surface area contributed by atoms with E-state index in [1.54, 1.807) is 7.11 Å². The van der Waals surface area contributed by atoms with Crippen LogP contribution in [0.2, 0.25) is 0 Å². The summed E-state index contributed by atoms with van der Waals surface area (Å²) in [6.07, 6.45) is 0.0575. The van der Waals surface area contributed by atoms with E-state index in [0.717, 1.165) is 35.7 Å². The van der Waals surface area contributed by atoms with Crippen LogP contribution in [-0.2, 0) is 11.3 Å². The maximum Gasteiger partial charge on any atom is 0.231 e. The van der Waals surface area contributed by atoms with Crippen LogP contribution in [0.15, 0.2) is 6.07 Å². The first-order chi connectivity index (χ1) is 9.24. The first-order valence-corrected chi connectivity index (χ1v) is 6.54. The number of likely N-dealkylation sites (N-methyl/N-ethyl adjacent to an activating group) is 1. The molecule has 1 atom stereocenters. The Bertz CT molecular complexity index is 489. The predicted octanol–water partition coefficient (Wildman–Crippen LogP) is 1.95. The van der Waals surface area contributed by atoms with Crippen LogP contribution in [-0.4, -0.2) is 39.0 Å². The van der Waals surface area contributed by atoms with Gasteiger partial charge in [0.15, 0.2) is 11.5 Å². The van der Waals surface area contributed by atoms with Gasteiger partial charge in [-0.05, 0) is 25.6 Å². The van der Waals surface area contributed by atoms with Gasteiger partial charge in [0.1, 0.15) is 0 Å². The summed E-state index contributed by atoms with van der Waals surface area (Å²) in [6, 6.07) is 2.04. The number of benzene rings is 1. The molecule has 2 aliphatic heterocycles. The Balaban J connectivity index is 2.12. The third kappa shape index (κ3) is 2.03. The van der Waals surface area contributed by atoms with E-state index in [1.807, 2.05) is 13.0 Å². The quantitative estimate of drug-likeness (QED) is 0.835. The van der Waals surface area contributed by atoms with E-state index in [-0.39, 0.29) is 12.9 Å². The molecule has 0 N–H and O–H groups in total. The second-order valence-corrected chi connectivity index (χ2v) is 4.85. The van der Waals surface area contributed by atoms with E-state index in [4.69, 9.17) is 18.9 Å². The zero-order valence-electron chi connectivity index (χ0n) is 11.6. The van der Waals surface area contributed by atoms with Crippen molar-refractivity contribution in [3.05, 3.63) is 17.2 Å². The van der Waals surface area contributed by atoms with Gasteiger partial charge in [-0.25, -0.2) is 0 Å². The largest absolute Gasteiger partial charge is 0.492 e. The molecular formula is C14H19NO4. The Morgan fingerprint density at radius 3 is 3.00 bits per heavy atom. The molecule has 2 heterocycles. The first-order valence-electron chi connectivity index (χ1n) is 6.54. The highest BCUT2D eigenvalue weighted by Gasteiger charge is 2.32. The molecule has 0 amide bonds. The van der Waals surface area contributed by atoms with Crippen molar-refractivity contribution in [2.45, 2.75) is 19.6 Å². The molecule has 104 valence electrons. The Morgan fingerprint density at radius 2 is 2.26 bits per heavy atom. The lowest BCUT2D eigenvalue weighted by atomic mass is 9.95. The number of hydrogen-bond acceptors (Lipinski definition) is 5. The standard InChI is InChI=1S/C14H19NO4/c1-4-17-12-7-15(2)6-10-9(12)5-11-14(13(10)16-3)19-8-18-11/h5,12H,4,6-8H2,1-3H3. The van der Waals surface area contributed by atoms with Crippen LogP contribution >= 0.6 is 0 Å². The van der Waals surface area contributed by atoms with E-state index in [2.05, 4.69) is 11.9 Å². The van der Waals surface area contributed by atoms with Gasteiger partial charge < -0.3 is 18.9 Å². The van der Waals surface area contributed by atoms with Gasteiger partial charge in [-0.2, -0.15) is 0 Å². The van der Waals surface area contributed by atoms with E-state index < -0.39 is 0 Å². The SMILES string of the molecule is CCOC1CN(C)Cc2c1cc1c(c2OC)OCO1. The molecule has 1 aromatic carbocycles. The molecule has 0 spiro atoms. The van der Waals surface area contributed by atoms with Crippen molar-refractivity contribution in [1.82, 2.24) is 4.90 Å². The van der Waals surface area contributed by atoms with Crippen LogP contribution in [0.25, 0.3) is 0 Å². The Hall–Kier alpha value is -1.46. The molecule has 2 aliphatic rings. The van der Waals surface area contributed by atoms with Crippen LogP contribution in [0.3, 0.4) is 0 Å². The fourth-order valence-corrected chi connectivity index (χ4v) is 2.80. The zero-order chi connectivity index (χ0) is 13.4. The summed E-state index contributed by atoms with van der Waals surface area (Å²) < 4.78 is 22.4. The zero-order valence-corrected chi connectivity index (χ0v) is 11.6. The van der Waals surface area contributed by atoms with Crippen LogP contribution in [0, 0.1) is 0 Å². The van der Waals surface area contributed by atoms with Gasteiger partial charge in [-0.15, -0.1) is 0 Å². The fourth-order valence-electron chi connectivity index (χ4n) is 2.80. The van der Waals surface area contributed by atoms with Crippen molar-refractivity contribution < 1.29 is 18.9 Å². The molecule has 3 rings (SSSR count). The lowest BCUT2D eigenvalue weighted by molar-refractivity contribution is 0.0263. The molecule has 5 heteroatoms. The number of hydrogen-bond donors (Lipinski definition) is 0. The van der Waals surface area contributed by atoms with Crippen LogP contribution in [0.4, 0.5) is 0 Å². The van der Waals surface area contributed by atoms with Gasteiger partial charge in [0, 0.05) is 25.3 Å². The molecule has 0 bridgehead atoms. The Kier molecular flexibility index (Phi) is 3.24. The Labute approximate surface area is 113 Å². The van der Waals surface area contributed by atoms with Gasteiger partial charge >= 0.3 is 0 Å². The minimum Gasteiger partial charge on any atom is -0.492 e. The number of fused-ring (bicyclic) bond motifs is 2. The summed E-state index contributed by atoms with van der Waals surface area (Å²) in [5, 5.41) is 0. The molecule has 0 aromatic heterocycles. The third-order valence-corrected chi connectivity index (χ3v) is 3.58. The first kappa shape index (κ1) is 12.6. The van der Waals surface area contributed by atoms with Crippen LogP contribution in [0.1, 0.15) is 24.2 Å². The molecule has 19 heavy (non-hydrogen) atoms. The second-order valence-electron chi connectivity index (χ2n) is 4.85. The molecule has 0 fully saturated rings. The third-order valence-electron chi connectivity index (χ3n) is 3.58. The molecule has 0 radical (unpaired) electrons. The molecule has 0 saturated carbocycles. The summed E-state index contributed by atoms with van der Waals surface area (Å²) in [5.41, 5.74) is 2.29. The summed E-state index contributed by atoms with van der Waals surface area (Å²) in [5.74, 6) is 2.25. The van der Waals surface area contributed by atoms with E-state index >= 15 is 0 Å². The van der Waals surface area contributed by atoms with Crippen LogP contribution in [0.5, 0.6) is 17.2 Å². The van der Waals surface area contributed by atoms with Crippen molar-refractivity contribution in [2.24, 2.45) is 0 Å². The van der Waals surface area contributed by atoms with Gasteiger partial charge in [0.05, 0.1) is 13.2 Å². The van der Waals surface area contributed by atoms with Gasteiger partial charge in [-0.1, -0.05) is 0 Å². The van der Waals surface area contributed by atoms with Crippen molar-refractivity contribution in [2.75, 3.05) is 34.1 Å². The minimum absolute atomic E-state index is 0.0575. The molecule has 0 aliphatic carbocycles. The monoisotopic (exact) mass is 265 g/mol. The molecule has 1 unspecified atom stereocenters. The lowest BCUT2D eigenvalue weighted by Gasteiger charge is -2.33. The maximum atomic E-state index is 5.85. The number of nitrogens with zero attached hydrogens (tertiary/aromatic N) is 1. The van der Waals surface area contributed by atoms with E-state index in [1.165, 1.54) is 0 Å². The average Bonchev–Trinajstić information content (AvgIpc) is 2.84.